The van der Waals surface area contributed by atoms with Gasteiger partial charge in [0.2, 0.25) is 0 Å². The summed E-state index contributed by atoms with van der Waals surface area (Å²) in [5.41, 5.74) is 0.970. The maximum Gasteiger partial charge on any atom is 3.00 e. The van der Waals surface area contributed by atoms with E-state index in [1.807, 2.05) is 13.8 Å². The monoisotopic (exact) mass is 196 g/mol. The molecule has 1 aromatic heterocycles. The first-order valence-corrected chi connectivity index (χ1v) is 2.47. The van der Waals surface area contributed by atoms with E-state index < -0.39 is 0 Å². The van der Waals surface area contributed by atoms with Crippen LogP contribution in [0.15, 0.2) is 6.07 Å². The van der Waals surface area contributed by atoms with Crippen molar-refractivity contribution in [1.29, 1.82) is 0 Å². The van der Waals surface area contributed by atoms with Gasteiger partial charge in [-0.3, -0.25) is 0 Å². The second-order valence-corrected chi connectivity index (χ2v) is 1.69. The van der Waals surface area contributed by atoms with Gasteiger partial charge in [-0.1, -0.05) is 25.7 Å². The minimum Gasteiger partial charge on any atom is -0.373 e. The summed E-state index contributed by atoms with van der Waals surface area (Å²) in [6, 6.07) is 1.76. The third-order valence-electron chi connectivity index (χ3n) is 0.838. The van der Waals surface area contributed by atoms with Crippen LogP contribution < -0.4 is 0 Å². The first kappa shape index (κ1) is 9.18. The predicted molar refractivity (Wildman–Crippen MR) is 30.3 cm³/mol. The summed E-state index contributed by atoms with van der Waals surface area (Å²) in [5, 5.41) is 0. The Hall–Kier alpha value is 0.184. The van der Waals surface area contributed by atoms with Gasteiger partial charge in [-0.05, 0) is 0 Å². The van der Waals surface area contributed by atoms with Crippen molar-refractivity contribution >= 4 is 0 Å². The molecule has 0 N–H and O–H groups in total. The summed E-state index contributed by atoms with van der Waals surface area (Å²) in [6.45, 7) is 3.77. The van der Waals surface area contributed by atoms with E-state index in [1.165, 1.54) is 0 Å². The van der Waals surface area contributed by atoms with Crippen molar-refractivity contribution in [3.8, 4) is 0 Å². The first-order chi connectivity index (χ1) is 3.79. The van der Waals surface area contributed by atoms with Gasteiger partial charge in [-0.25, -0.2) is 0 Å². The Morgan fingerprint density at radius 2 is 2.11 bits per heavy atom. The Balaban J connectivity index is 0.000000640. The number of nitrogens with zero attached hydrogens (tertiary/aromatic N) is 2. The summed E-state index contributed by atoms with van der Waals surface area (Å²) in [5.74, 6) is 0.782. The topological polar surface area (TPSA) is 25.8 Å². The molecular weight excluding hydrogens is 189 g/mol. The molecule has 1 aromatic rings. The molecule has 1 heterocycles. The van der Waals surface area contributed by atoms with Crippen molar-refractivity contribution in [2.24, 2.45) is 0 Å². The summed E-state index contributed by atoms with van der Waals surface area (Å²) in [7, 11) is 0. The van der Waals surface area contributed by atoms with E-state index in [4.69, 9.17) is 0 Å². The molecule has 2 nitrogen and oxygen atoms in total. The van der Waals surface area contributed by atoms with Crippen molar-refractivity contribution in [2.75, 3.05) is 0 Å². The molecule has 0 aliphatic carbocycles. The zero-order chi connectivity index (χ0) is 5.98. The van der Waals surface area contributed by atoms with Crippen LogP contribution in [0.2, 0.25) is 0 Å². The Labute approximate surface area is 80.0 Å². The van der Waals surface area contributed by atoms with Crippen molar-refractivity contribution in [3.63, 3.8) is 0 Å². The zero-order valence-electron chi connectivity index (χ0n) is 5.55. The van der Waals surface area contributed by atoms with Crippen LogP contribution in [-0.4, -0.2) is 9.97 Å². The van der Waals surface area contributed by atoms with Gasteiger partial charge in [-0.2, -0.15) is 0 Å². The van der Waals surface area contributed by atoms with Gasteiger partial charge in [0.05, 0.1) is 0 Å². The largest absolute Gasteiger partial charge is 3.00 e. The normalized spacial score (nSPS) is 8.22. The Kier molecular flexibility index (Phi) is 4.16. The fraction of sp³-hybridized carbons (Fsp3) is 0.333. The molecule has 9 heavy (non-hydrogen) atoms. The maximum absolute atomic E-state index is 4.03. The third-order valence-corrected chi connectivity index (χ3v) is 0.838. The minimum atomic E-state index is 0. The van der Waals surface area contributed by atoms with E-state index in [1.54, 1.807) is 6.07 Å². The number of hydrogen-bond acceptors (Lipinski definition) is 2. The second kappa shape index (κ2) is 4.07. The standard InChI is InChI=1S/C6H7N2.Y/c1-5-3-4-7-6(2)8-5;/h3H,1-2H3;/q-1;+3. The van der Waals surface area contributed by atoms with Crippen molar-refractivity contribution < 1.29 is 32.7 Å². The number of rotatable bonds is 0. The smallest absolute Gasteiger partial charge is 0.373 e. The summed E-state index contributed by atoms with van der Waals surface area (Å²) in [6.07, 6.45) is 2.72. The molecule has 0 saturated carbocycles. The fourth-order valence-electron chi connectivity index (χ4n) is 0.532. The van der Waals surface area contributed by atoms with Crippen LogP contribution in [0.1, 0.15) is 11.5 Å². The van der Waals surface area contributed by atoms with Crippen LogP contribution in [0, 0.1) is 20.0 Å². The van der Waals surface area contributed by atoms with E-state index in [9.17, 15) is 0 Å². The van der Waals surface area contributed by atoms with E-state index in [0.717, 1.165) is 11.5 Å². The van der Waals surface area contributed by atoms with Crippen molar-refractivity contribution in [1.82, 2.24) is 9.97 Å². The van der Waals surface area contributed by atoms with Gasteiger partial charge < -0.3 is 9.97 Å². The van der Waals surface area contributed by atoms with E-state index >= 15 is 0 Å². The van der Waals surface area contributed by atoms with Gasteiger partial charge in [0.1, 0.15) is 0 Å². The van der Waals surface area contributed by atoms with E-state index in [0.29, 0.717) is 0 Å². The molecule has 1 rings (SSSR count). The van der Waals surface area contributed by atoms with Crippen LogP contribution in [0.4, 0.5) is 0 Å². The van der Waals surface area contributed by atoms with Gasteiger partial charge in [0, 0.05) is 5.82 Å². The van der Waals surface area contributed by atoms with Crippen molar-refractivity contribution in [2.45, 2.75) is 13.8 Å². The predicted octanol–water partition coefficient (Wildman–Crippen LogP) is 0.891. The minimum absolute atomic E-state index is 0. The molecule has 0 radical (unpaired) electrons. The first-order valence-electron chi connectivity index (χ1n) is 2.47. The van der Waals surface area contributed by atoms with Crippen LogP contribution in [0.3, 0.4) is 0 Å². The maximum atomic E-state index is 4.03. The summed E-state index contributed by atoms with van der Waals surface area (Å²) >= 11 is 0. The van der Waals surface area contributed by atoms with Crippen LogP contribution in [0.5, 0.6) is 0 Å². The fourth-order valence-corrected chi connectivity index (χ4v) is 0.532. The Morgan fingerprint density at radius 3 is 2.44 bits per heavy atom. The molecule has 0 fully saturated rings. The quantitative estimate of drug-likeness (QED) is 0.576. The van der Waals surface area contributed by atoms with Crippen LogP contribution in [-0.2, 0) is 32.7 Å². The van der Waals surface area contributed by atoms with Crippen LogP contribution >= 0.6 is 0 Å². The van der Waals surface area contributed by atoms with Gasteiger partial charge in [0.25, 0.3) is 0 Å². The number of aromatic nitrogens is 2. The molecule has 0 spiro atoms. The average molecular weight is 196 g/mol. The summed E-state index contributed by atoms with van der Waals surface area (Å²) in [4.78, 5) is 7.84. The molecule has 0 aliphatic rings. The van der Waals surface area contributed by atoms with Crippen LogP contribution in [0.25, 0.3) is 0 Å². The van der Waals surface area contributed by atoms with Gasteiger partial charge >= 0.3 is 32.7 Å². The van der Waals surface area contributed by atoms with E-state index in [2.05, 4.69) is 16.2 Å². The SMILES string of the molecule is Cc1c[c-]nc(C)n1.[Y+3]. The van der Waals surface area contributed by atoms with Crippen molar-refractivity contribution in [3.05, 3.63) is 23.8 Å². The zero-order valence-corrected chi connectivity index (χ0v) is 8.39. The molecule has 0 atom stereocenters. The second-order valence-electron chi connectivity index (χ2n) is 1.69. The molecular formula is C6H7N2Y+2. The van der Waals surface area contributed by atoms with Gasteiger partial charge in [-0.15, -0.1) is 6.07 Å². The molecule has 3 heteroatoms. The molecule has 42 valence electrons. The number of hydrogen-bond donors (Lipinski definition) is 0. The molecule has 0 bridgehead atoms. The molecule has 0 saturated heterocycles. The molecule has 0 amide bonds. The number of aryl methyl sites for hydroxylation is 2. The third kappa shape index (κ3) is 3.02. The molecule has 0 unspecified atom stereocenters. The average Bonchev–Trinajstić information content (AvgIpc) is 1.64. The summed E-state index contributed by atoms with van der Waals surface area (Å²) < 4.78 is 0. The van der Waals surface area contributed by atoms with E-state index in [-0.39, 0.29) is 32.7 Å². The molecule has 0 aliphatic heterocycles. The Bertz CT molecular complexity index is 171. The Morgan fingerprint density at radius 1 is 1.44 bits per heavy atom. The molecule has 0 aromatic carbocycles. The van der Waals surface area contributed by atoms with Gasteiger partial charge in [0.15, 0.2) is 0 Å².